The zero-order valence-electron chi connectivity index (χ0n) is 15.4. The van der Waals surface area contributed by atoms with Crippen LogP contribution in [0.25, 0.3) is 0 Å². The molecule has 0 amide bonds. The molecule has 0 radical (unpaired) electrons. The zero-order chi connectivity index (χ0) is 18.1. The van der Waals surface area contributed by atoms with Gasteiger partial charge in [0.1, 0.15) is 12.0 Å². The number of phenols is 1. The summed E-state index contributed by atoms with van der Waals surface area (Å²) in [6, 6.07) is 14.8. The Bertz CT molecular complexity index is 775. The molecule has 136 valence electrons. The van der Waals surface area contributed by atoms with Crippen molar-refractivity contribution in [3.05, 3.63) is 59.2 Å². The molecule has 1 N–H and O–H groups in total. The van der Waals surface area contributed by atoms with Gasteiger partial charge in [-0.25, -0.2) is 0 Å². The number of hydrogen-bond donors (Lipinski definition) is 1. The molecule has 26 heavy (non-hydrogen) atoms. The third kappa shape index (κ3) is 3.23. The molecule has 2 atom stereocenters. The topological polar surface area (TPSA) is 40.5 Å². The first-order valence-corrected chi connectivity index (χ1v) is 9.77. The fourth-order valence-electron chi connectivity index (χ4n) is 4.66. The van der Waals surface area contributed by atoms with Crippen LogP contribution in [-0.4, -0.2) is 24.5 Å². The molecule has 0 saturated carbocycles. The minimum absolute atomic E-state index is 0.238. The maximum absolute atomic E-state index is 10.9. The van der Waals surface area contributed by atoms with Crippen LogP contribution in [0.3, 0.4) is 0 Å². The standard InChI is InChI=1S/C23H27NO2/c1-16-2-3-19-14-21(26)8-9-22(19)23(16)18-4-6-20(7-5-18)24-12-10-17(15-25)11-13-24/h4-9,14-17,23,26H,2-3,10-13H2,1H3/t16-,23+/m1/s1. The molecular formula is C23H27NO2. The quantitative estimate of drug-likeness (QED) is 0.828. The van der Waals surface area contributed by atoms with Gasteiger partial charge in [-0.3, -0.25) is 0 Å². The first kappa shape index (κ1) is 17.1. The van der Waals surface area contributed by atoms with E-state index in [1.165, 1.54) is 22.4 Å². The molecule has 1 aliphatic carbocycles. The Balaban J connectivity index is 1.56. The van der Waals surface area contributed by atoms with Gasteiger partial charge in [0, 0.05) is 30.6 Å². The first-order chi connectivity index (χ1) is 12.7. The van der Waals surface area contributed by atoms with Crippen LogP contribution in [0.1, 0.15) is 48.8 Å². The van der Waals surface area contributed by atoms with Crippen molar-refractivity contribution in [3.63, 3.8) is 0 Å². The number of aromatic hydroxyl groups is 1. The molecule has 1 heterocycles. The minimum Gasteiger partial charge on any atom is -0.508 e. The second-order valence-corrected chi connectivity index (χ2v) is 7.93. The molecule has 0 bridgehead atoms. The number of phenolic OH excluding ortho intramolecular Hbond substituents is 1. The third-order valence-electron chi connectivity index (χ3n) is 6.25. The van der Waals surface area contributed by atoms with E-state index in [2.05, 4.69) is 42.2 Å². The lowest BCUT2D eigenvalue weighted by Gasteiger charge is -2.34. The van der Waals surface area contributed by atoms with Crippen LogP contribution in [-0.2, 0) is 11.2 Å². The number of carbonyl (C=O) groups excluding carboxylic acids is 1. The number of benzene rings is 2. The van der Waals surface area contributed by atoms with Crippen molar-refractivity contribution < 1.29 is 9.90 Å². The van der Waals surface area contributed by atoms with E-state index in [4.69, 9.17) is 0 Å². The average Bonchev–Trinajstić information content (AvgIpc) is 2.68. The summed E-state index contributed by atoms with van der Waals surface area (Å²) in [4.78, 5) is 13.3. The highest BCUT2D eigenvalue weighted by molar-refractivity contribution is 5.56. The number of nitrogens with zero attached hydrogens (tertiary/aromatic N) is 1. The van der Waals surface area contributed by atoms with Crippen LogP contribution in [0.15, 0.2) is 42.5 Å². The average molecular weight is 349 g/mol. The molecule has 2 aliphatic rings. The number of aldehydes is 1. The number of hydrogen-bond acceptors (Lipinski definition) is 3. The molecule has 3 heteroatoms. The predicted octanol–water partition coefficient (Wildman–Crippen LogP) is 4.52. The van der Waals surface area contributed by atoms with Gasteiger partial charge in [-0.1, -0.05) is 25.1 Å². The Morgan fingerprint density at radius 1 is 1.04 bits per heavy atom. The number of aryl methyl sites for hydroxylation is 1. The van der Waals surface area contributed by atoms with Crippen LogP contribution in [0, 0.1) is 11.8 Å². The van der Waals surface area contributed by atoms with Crippen molar-refractivity contribution >= 4 is 12.0 Å². The molecule has 0 aromatic heterocycles. The van der Waals surface area contributed by atoms with E-state index in [9.17, 15) is 9.90 Å². The Labute approximate surface area is 155 Å². The van der Waals surface area contributed by atoms with Crippen LogP contribution in [0.5, 0.6) is 5.75 Å². The lowest BCUT2D eigenvalue weighted by molar-refractivity contribution is -0.111. The lowest BCUT2D eigenvalue weighted by atomic mass is 9.72. The molecule has 1 aliphatic heterocycles. The molecule has 4 rings (SSSR count). The van der Waals surface area contributed by atoms with Gasteiger partial charge in [0.15, 0.2) is 0 Å². The van der Waals surface area contributed by atoms with Gasteiger partial charge in [0.25, 0.3) is 0 Å². The van der Waals surface area contributed by atoms with Crippen molar-refractivity contribution in [2.24, 2.45) is 11.8 Å². The Hall–Kier alpha value is -2.29. The minimum atomic E-state index is 0.238. The molecule has 2 aromatic carbocycles. The Kier molecular flexibility index (Phi) is 4.71. The molecule has 1 saturated heterocycles. The van der Waals surface area contributed by atoms with Crippen molar-refractivity contribution in [2.75, 3.05) is 18.0 Å². The van der Waals surface area contributed by atoms with E-state index in [0.29, 0.717) is 17.6 Å². The van der Waals surface area contributed by atoms with Crippen LogP contribution in [0.4, 0.5) is 5.69 Å². The van der Waals surface area contributed by atoms with Crippen LogP contribution < -0.4 is 4.90 Å². The summed E-state index contributed by atoms with van der Waals surface area (Å²) in [5.41, 5.74) is 5.26. The maximum Gasteiger partial charge on any atom is 0.123 e. The highest BCUT2D eigenvalue weighted by Gasteiger charge is 2.28. The summed E-state index contributed by atoms with van der Waals surface area (Å²) >= 11 is 0. The summed E-state index contributed by atoms with van der Waals surface area (Å²) < 4.78 is 0. The first-order valence-electron chi connectivity index (χ1n) is 9.77. The molecule has 2 aromatic rings. The highest BCUT2D eigenvalue weighted by Crippen LogP contribution is 2.42. The molecule has 0 spiro atoms. The van der Waals surface area contributed by atoms with E-state index in [1.807, 2.05) is 12.1 Å². The fourth-order valence-corrected chi connectivity index (χ4v) is 4.66. The van der Waals surface area contributed by atoms with Crippen molar-refractivity contribution in [1.82, 2.24) is 0 Å². The number of anilines is 1. The summed E-state index contributed by atoms with van der Waals surface area (Å²) in [7, 11) is 0. The van der Waals surface area contributed by atoms with E-state index in [-0.39, 0.29) is 5.92 Å². The van der Waals surface area contributed by atoms with Crippen molar-refractivity contribution in [3.8, 4) is 5.75 Å². The van der Waals surface area contributed by atoms with E-state index in [1.54, 1.807) is 0 Å². The smallest absolute Gasteiger partial charge is 0.123 e. The lowest BCUT2D eigenvalue weighted by Crippen LogP contribution is -2.34. The van der Waals surface area contributed by atoms with Crippen LogP contribution in [0.2, 0.25) is 0 Å². The maximum atomic E-state index is 10.9. The number of carbonyl (C=O) groups is 1. The van der Waals surface area contributed by atoms with E-state index in [0.717, 1.165) is 45.1 Å². The number of piperidine rings is 1. The zero-order valence-corrected chi connectivity index (χ0v) is 15.4. The van der Waals surface area contributed by atoms with Crippen LogP contribution >= 0.6 is 0 Å². The molecule has 0 unspecified atom stereocenters. The van der Waals surface area contributed by atoms with Gasteiger partial charge in [-0.2, -0.15) is 0 Å². The predicted molar refractivity (Wildman–Crippen MR) is 105 cm³/mol. The van der Waals surface area contributed by atoms with Crippen molar-refractivity contribution in [2.45, 2.75) is 38.5 Å². The summed E-state index contributed by atoms with van der Waals surface area (Å²) in [6.07, 6.45) is 5.23. The second-order valence-electron chi connectivity index (χ2n) is 7.93. The largest absolute Gasteiger partial charge is 0.508 e. The van der Waals surface area contributed by atoms with Gasteiger partial charge < -0.3 is 14.8 Å². The van der Waals surface area contributed by atoms with Gasteiger partial charge >= 0.3 is 0 Å². The number of fused-ring (bicyclic) bond motifs is 1. The Morgan fingerprint density at radius 2 is 1.77 bits per heavy atom. The second kappa shape index (κ2) is 7.14. The normalized spacial score (nSPS) is 23.5. The monoisotopic (exact) mass is 349 g/mol. The summed E-state index contributed by atoms with van der Waals surface area (Å²) in [6.45, 7) is 4.26. The van der Waals surface area contributed by atoms with Gasteiger partial charge in [-0.15, -0.1) is 0 Å². The van der Waals surface area contributed by atoms with Gasteiger partial charge in [0.2, 0.25) is 0 Å². The molecule has 1 fully saturated rings. The fraction of sp³-hybridized carbons (Fsp3) is 0.435. The van der Waals surface area contributed by atoms with E-state index < -0.39 is 0 Å². The Morgan fingerprint density at radius 3 is 2.46 bits per heavy atom. The highest BCUT2D eigenvalue weighted by atomic mass is 16.3. The molecule has 3 nitrogen and oxygen atoms in total. The summed E-state index contributed by atoms with van der Waals surface area (Å²) in [5.74, 6) is 1.60. The summed E-state index contributed by atoms with van der Waals surface area (Å²) in [5, 5.41) is 9.80. The SMILES string of the molecule is C[C@@H]1CCc2cc(O)ccc2[C@@H]1c1ccc(N2CCC(C=O)CC2)cc1. The number of rotatable bonds is 3. The van der Waals surface area contributed by atoms with E-state index >= 15 is 0 Å². The van der Waals surface area contributed by atoms with Gasteiger partial charge in [0.05, 0.1) is 0 Å². The third-order valence-corrected chi connectivity index (χ3v) is 6.25. The van der Waals surface area contributed by atoms with Crippen molar-refractivity contribution in [1.29, 1.82) is 0 Å². The molecular weight excluding hydrogens is 322 g/mol. The van der Waals surface area contributed by atoms with Gasteiger partial charge in [-0.05, 0) is 72.6 Å².